The van der Waals surface area contributed by atoms with Crippen LogP contribution in [-0.2, 0) is 0 Å². The second-order valence-corrected chi connectivity index (χ2v) is 6.53. The van der Waals surface area contributed by atoms with Crippen molar-refractivity contribution in [2.75, 3.05) is 38.1 Å². The summed E-state index contributed by atoms with van der Waals surface area (Å²) in [7, 11) is 0. The van der Waals surface area contributed by atoms with E-state index in [0.29, 0.717) is 6.61 Å². The van der Waals surface area contributed by atoms with Crippen molar-refractivity contribution in [3.8, 4) is 5.75 Å². The highest BCUT2D eigenvalue weighted by Crippen LogP contribution is 2.18. The Kier molecular flexibility index (Phi) is 5.29. The molecule has 0 aliphatic carbocycles. The summed E-state index contributed by atoms with van der Waals surface area (Å²) in [6, 6.07) is 7.45. The summed E-state index contributed by atoms with van der Waals surface area (Å²) in [6.07, 6.45) is 0. The van der Waals surface area contributed by atoms with Gasteiger partial charge in [0.25, 0.3) is 0 Å². The van der Waals surface area contributed by atoms with Gasteiger partial charge in [-0.05, 0) is 52.0 Å². The zero-order valence-electron chi connectivity index (χ0n) is 14.1. The molecular formula is C17H27N3O2. The van der Waals surface area contributed by atoms with Crippen LogP contribution in [0.5, 0.6) is 5.75 Å². The largest absolute Gasteiger partial charge is 0.494 e. The molecule has 122 valence electrons. The van der Waals surface area contributed by atoms with Crippen LogP contribution in [-0.4, -0.2) is 54.2 Å². The molecule has 1 aromatic carbocycles. The molecular weight excluding hydrogens is 278 g/mol. The molecule has 0 aromatic heterocycles. The molecule has 0 atom stereocenters. The Morgan fingerprint density at radius 1 is 1.14 bits per heavy atom. The number of hydrogen-bond acceptors (Lipinski definition) is 3. The molecule has 0 radical (unpaired) electrons. The molecule has 1 fully saturated rings. The van der Waals surface area contributed by atoms with E-state index in [1.54, 1.807) is 0 Å². The van der Waals surface area contributed by atoms with Gasteiger partial charge in [-0.15, -0.1) is 0 Å². The number of ether oxygens (including phenoxy) is 1. The fourth-order valence-corrected chi connectivity index (χ4v) is 2.58. The quantitative estimate of drug-likeness (QED) is 0.933. The summed E-state index contributed by atoms with van der Waals surface area (Å²) < 4.78 is 5.40. The van der Waals surface area contributed by atoms with E-state index in [-0.39, 0.29) is 11.6 Å². The minimum atomic E-state index is -0.0299. The van der Waals surface area contributed by atoms with Crippen molar-refractivity contribution >= 4 is 11.7 Å². The van der Waals surface area contributed by atoms with Gasteiger partial charge in [-0.25, -0.2) is 4.79 Å². The third-order valence-corrected chi connectivity index (χ3v) is 3.93. The number of carbonyl (C=O) groups excluding carboxylic acids is 1. The second-order valence-electron chi connectivity index (χ2n) is 6.53. The summed E-state index contributed by atoms with van der Waals surface area (Å²) in [4.78, 5) is 16.6. The van der Waals surface area contributed by atoms with Gasteiger partial charge in [0.05, 0.1) is 6.61 Å². The van der Waals surface area contributed by atoms with Crippen LogP contribution in [0.1, 0.15) is 27.7 Å². The van der Waals surface area contributed by atoms with Crippen molar-refractivity contribution in [3.05, 3.63) is 24.3 Å². The maximum Gasteiger partial charge on any atom is 0.321 e. The van der Waals surface area contributed by atoms with E-state index in [9.17, 15) is 4.79 Å². The number of amides is 2. The minimum absolute atomic E-state index is 0.0299. The molecule has 5 nitrogen and oxygen atoms in total. The molecule has 1 heterocycles. The molecule has 2 amide bonds. The summed E-state index contributed by atoms with van der Waals surface area (Å²) in [5.41, 5.74) is 0.962. The lowest BCUT2D eigenvalue weighted by Crippen LogP contribution is -2.55. The van der Waals surface area contributed by atoms with Gasteiger partial charge in [0.1, 0.15) is 5.75 Å². The third kappa shape index (κ3) is 4.37. The van der Waals surface area contributed by atoms with Crippen LogP contribution >= 0.6 is 0 Å². The summed E-state index contributed by atoms with van der Waals surface area (Å²) >= 11 is 0. The average Bonchev–Trinajstić information content (AvgIpc) is 2.49. The number of nitrogens with zero attached hydrogens (tertiary/aromatic N) is 2. The Morgan fingerprint density at radius 3 is 2.23 bits per heavy atom. The molecule has 1 N–H and O–H groups in total. The lowest BCUT2D eigenvalue weighted by atomic mass is 10.1. The van der Waals surface area contributed by atoms with Crippen molar-refractivity contribution < 1.29 is 9.53 Å². The first-order valence-corrected chi connectivity index (χ1v) is 7.94. The Labute approximate surface area is 133 Å². The molecule has 5 heteroatoms. The van der Waals surface area contributed by atoms with Crippen molar-refractivity contribution in [2.24, 2.45) is 0 Å². The summed E-state index contributed by atoms with van der Waals surface area (Å²) in [5.74, 6) is 0.819. The lowest BCUT2D eigenvalue weighted by molar-refractivity contribution is 0.0774. The standard InChI is InChI=1S/C17H27N3O2/c1-5-22-15-8-6-14(7-9-15)18-16(21)19-10-12-20(13-11-19)17(2,3)4/h6-9H,5,10-13H2,1-4H3,(H,18,21). The summed E-state index contributed by atoms with van der Waals surface area (Å²) in [6.45, 7) is 12.6. The maximum absolute atomic E-state index is 12.3. The Balaban J connectivity index is 1.85. The molecule has 0 saturated carbocycles. The molecule has 2 rings (SSSR count). The van der Waals surface area contributed by atoms with E-state index in [1.165, 1.54) is 0 Å². The highest BCUT2D eigenvalue weighted by atomic mass is 16.5. The smallest absolute Gasteiger partial charge is 0.321 e. The molecule has 1 saturated heterocycles. The van der Waals surface area contributed by atoms with Gasteiger partial charge in [-0.1, -0.05) is 0 Å². The topological polar surface area (TPSA) is 44.8 Å². The van der Waals surface area contributed by atoms with Crippen molar-refractivity contribution in [1.29, 1.82) is 0 Å². The predicted octanol–water partition coefficient (Wildman–Crippen LogP) is 3.03. The molecule has 22 heavy (non-hydrogen) atoms. The molecule has 0 spiro atoms. The first-order valence-electron chi connectivity index (χ1n) is 7.94. The average molecular weight is 305 g/mol. The lowest BCUT2D eigenvalue weighted by Gasteiger charge is -2.42. The number of benzene rings is 1. The van der Waals surface area contributed by atoms with Crippen LogP contribution in [0.15, 0.2) is 24.3 Å². The number of anilines is 1. The molecule has 0 unspecified atom stereocenters. The Morgan fingerprint density at radius 2 is 1.73 bits per heavy atom. The number of piperazine rings is 1. The van der Waals surface area contributed by atoms with Gasteiger partial charge in [0, 0.05) is 37.4 Å². The molecule has 1 aromatic rings. The fraction of sp³-hybridized carbons (Fsp3) is 0.588. The van der Waals surface area contributed by atoms with E-state index >= 15 is 0 Å². The number of rotatable bonds is 3. The second kappa shape index (κ2) is 7.01. The van der Waals surface area contributed by atoms with E-state index < -0.39 is 0 Å². The first kappa shape index (κ1) is 16.6. The van der Waals surface area contributed by atoms with Crippen molar-refractivity contribution in [2.45, 2.75) is 33.2 Å². The Hall–Kier alpha value is -1.75. The highest BCUT2D eigenvalue weighted by molar-refractivity contribution is 5.89. The van der Waals surface area contributed by atoms with Crippen molar-refractivity contribution in [1.82, 2.24) is 9.80 Å². The fourth-order valence-electron chi connectivity index (χ4n) is 2.58. The number of urea groups is 1. The molecule has 0 bridgehead atoms. The third-order valence-electron chi connectivity index (χ3n) is 3.93. The summed E-state index contributed by atoms with van der Waals surface area (Å²) in [5, 5.41) is 2.95. The minimum Gasteiger partial charge on any atom is -0.494 e. The van der Waals surface area contributed by atoms with E-state index in [4.69, 9.17) is 4.74 Å². The van der Waals surface area contributed by atoms with Gasteiger partial charge >= 0.3 is 6.03 Å². The number of hydrogen-bond donors (Lipinski definition) is 1. The molecule has 1 aliphatic rings. The van der Waals surface area contributed by atoms with Crippen LogP contribution in [0.25, 0.3) is 0 Å². The van der Waals surface area contributed by atoms with Gasteiger partial charge in [-0.3, -0.25) is 4.90 Å². The SMILES string of the molecule is CCOc1ccc(NC(=O)N2CCN(C(C)(C)C)CC2)cc1. The zero-order valence-corrected chi connectivity index (χ0v) is 14.1. The van der Waals surface area contributed by atoms with Crippen LogP contribution in [0.4, 0.5) is 10.5 Å². The Bertz CT molecular complexity index is 486. The van der Waals surface area contributed by atoms with Crippen LogP contribution in [0.2, 0.25) is 0 Å². The van der Waals surface area contributed by atoms with Crippen LogP contribution in [0, 0.1) is 0 Å². The first-order chi connectivity index (χ1) is 10.4. The van der Waals surface area contributed by atoms with E-state index in [0.717, 1.165) is 37.6 Å². The van der Waals surface area contributed by atoms with Gasteiger partial charge in [0.15, 0.2) is 0 Å². The van der Waals surface area contributed by atoms with Gasteiger partial charge in [0.2, 0.25) is 0 Å². The molecule has 1 aliphatic heterocycles. The van der Waals surface area contributed by atoms with E-state index in [1.807, 2.05) is 36.1 Å². The monoisotopic (exact) mass is 305 g/mol. The number of nitrogens with one attached hydrogen (secondary N) is 1. The zero-order chi connectivity index (χ0) is 16.2. The predicted molar refractivity (Wildman–Crippen MR) is 89.5 cm³/mol. The van der Waals surface area contributed by atoms with Gasteiger partial charge in [-0.2, -0.15) is 0 Å². The van der Waals surface area contributed by atoms with E-state index in [2.05, 4.69) is 31.0 Å². The maximum atomic E-state index is 12.3. The van der Waals surface area contributed by atoms with Crippen LogP contribution < -0.4 is 10.1 Å². The number of carbonyl (C=O) groups is 1. The highest BCUT2D eigenvalue weighted by Gasteiger charge is 2.27. The van der Waals surface area contributed by atoms with Crippen LogP contribution in [0.3, 0.4) is 0 Å². The van der Waals surface area contributed by atoms with Gasteiger partial charge < -0.3 is 15.0 Å². The van der Waals surface area contributed by atoms with Crippen molar-refractivity contribution in [3.63, 3.8) is 0 Å². The normalized spacial score (nSPS) is 16.5.